The molecular weight excluding hydrogens is 198 g/mol. The van der Waals surface area contributed by atoms with E-state index >= 15 is 0 Å². The van der Waals surface area contributed by atoms with Crippen molar-refractivity contribution in [3.63, 3.8) is 0 Å². The Bertz CT molecular complexity index is 283. The van der Waals surface area contributed by atoms with Gasteiger partial charge in [0, 0.05) is 11.7 Å². The molecule has 5 heteroatoms. The molecule has 0 aliphatic carbocycles. The lowest BCUT2D eigenvalue weighted by atomic mass is 10.2. The lowest BCUT2D eigenvalue weighted by Gasteiger charge is -2.02. The zero-order valence-electron chi connectivity index (χ0n) is 8.32. The fraction of sp³-hybridized carbons (Fsp3) is 0.778. The van der Waals surface area contributed by atoms with Crippen molar-refractivity contribution < 1.29 is 4.52 Å². The summed E-state index contributed by atoms with van der Waals surface area (Å²) >= 11 is 2.02. The fourth-order valence-electron chi connectivity index (χ4n) is 1.60. The van der Waals surface area contributed by atoms with Gasteiger partial charge >= 0.3 is 0 Å². The first-order valence-corrected chi connectivity index (χ1v) is 6.01. The van der Waals surface area contributed by atoms with Gasteiger partial charge in [-0.05, 0) is 25.6 Å². The van der Waals surface area contributed by atoms with Gasteiger partial charge in [0.05, 0.1) is 6.54 Å². The second kappa shape index (κ2) is 4.79. The van der Waals surface area contributed by atoms with E-state index in [9.17, 15) is 0 Å². The molecule has 78 valence electrons. The molecular formula is C9H15N3OS. The van der Waals surface area contributed by atoms with Crippen LogP contribution in [0.3, 0.4) is 0 Å². The van der Waals surface area contributed by atoms with Crippen LogP contribution in [0.15, 0.2) is 4.52 Å². The van der Waals surface area contributed by atoms with Crippen molar-refractivity contribution in [2.75, 3.05) is 12.8 Å². The second-order valence-corrected chi connectivity index (χ2v) is 4.88. The molecule has 1 aliphatic rings. The molecule has 1 unspecified atom stereocenters. The molecule has 14 heavy (non-hydrogen) atoms. The van der Waals surface area contributed by atoms with Crippen LogP contribution in [0.1, 0.15) is 24.6 Å². The molecule has 2 rings (SSSR count). The van der Waals surface area contributed by atoms with Crippen molar-refractivity contribution in [3.05, 3.63) is 11.7 Å². The van der Waals surface area contributed by atoms with Crippen LogP contribution in [-0.2, 0) is 13.0 Å². The number of hydrogen-bond donors (Lipinski definition) is 1. The largest absolute Gasteiger partial charge is 0.339 e. The molecule has 1 aromatic heterocycles. The average molecular weight is 213 g/mol. The molecule has 0 spiro atoms. The van der Waals surface area contributed by atoms with Gasteiger partial charge in [0.15, 0.2) is 5.82 Å². The van der Waals surface area contributed by atoms with E-state index in [0.29, 0.717) is 11.8 Å². The number of rotatable bonds is 4. The average Bonchev–Trinajstić information content (AvgIpc) is 2.79. The fourth-order valence-corrected chi connectivity index (χ4v) is 2.86. The maximum absolute atomic E-state index is 5.16. The molecule has 1 atom stereocenters. The number of thioether (sulfide) groups is 1. The molecule has 1 aromatic rings. The predicted octanol–water partition coefficient (Wildman–Crippen LogP) is 1.23. The monoisotopic (exact) mass is 213 g/mol. The molecule has 0 aromatic carbocycles. The van der Waals surface area contributed by atoms with Crippen LogP contribution in [0, 0.1) is 0 Å². The van der Waals surface area contributed by atoms with E-state index in [2.05, 4.69) is 15.5 Å². The van der Waals surface area contributed by atoms with E-state index in [1.165, 1.54) is 18.6 Å². The first-order valence-electron chi connectivity index (χ1n) is 4.96. The van der Waals surface area contributed by atoms with Crippen LogP contribution in [-0.4, -0.2) is 28.2 Å². The SMILES string of the molecule is CNCc1noc(CC2CCCS2)n1. The summed E-state index contributed by atoms with van der Waals surface area (Å²) < 4.78 is 5.16. The zero-order chi connectivity index (χ0) is 9.80. The Morgan fingerprint density at radius 3 is 3.29 bits per heavy atom. The van der Waals surface area contributed by atoms with Crippen molar-refractivity contribution in [1.82, 2.24) is 15.5 Å². The van der Waals surface area contributed by atoms with E-state index in [1.807, 2.05) is 18.8 Å². The third kappa shape index (κ3) is 2.48. The standard InChI is InChI=1S/C9H15N3OS/c1-10-6-8-11-9(13-12-8)5-7-3-2-4-14-7/h7,10H,2-6H2,1H3. The van der Waals surface area contributed by atoms with Gasteiger partial charge in [0.2, 0.25) is 5.89 Å². The van der Waals surface area contributed by atoms with Gasteiger partial charge in [0.25, 0.3) is 0 Å². The molecule has 0 radical (unpaired) electrons. The Balaban J connectivity index is 1.88. The Morgan fingerprint density at radius 1 is 1.64 bits per heavy atom. The van der Waals surface area contributed by atoms with Crippen LogP contribution in [0.4, 0.5) is 0 Å². The summed E-state index contributed by atoms with van der Waals surface area (Å²) in [7, 11) is 1.88. The summed E-state index contributed by atoms with van der Waals surface area (Å²) in [5.74, 6) is 2.82. The summed E-state index contributed by atoms with van der Waals surface area (Å²) in [4.78, 5) is 4.31. The van der Waals surface area contributed by atoms with Crippen LogP contribution in [0.5, 0.6) is 0 Å². The van der Waals surface area contributed by atoms with Crippen LogP contribution >= 0.6 is 11.8 Å². The molecule has 0 amide bonds. The van der Waals surface area contributed by atoms with Crippen molar-refractivity contribution in [2.45, 2.75) is 31.1 Å². The smallest absolute Gasteiger partial charge is 0.227 e. The molecule has 4 nitrogen and oxygen atoms in total. The zero-order valence-corrected chi connectivity index (χ0v) is 9.14. The topological polar surface area (TPSA) is 51.0 Å². The summed E-state index contributed by atoms with van der Waals surface area (Å²) in [6.07, 6.45) is 3.54. The van der Waals surface area contributed by atoms with Crippen LogP contribution in [0.25, 0.3) is 0 Å². The van der Waals surface area contributed by atoms with Gasteiger partial charge < -0.3 is 9.84 Å². The lowest BCUT2D eigenvalue weighted by molar-refractivity contribution is 0.370. The Hall–Kier alpha value is -0.550. The molecule has 1 aliphatic heterocycles. The molecule has 1 fully saturated rings. The van der Waals surface area contributed by atoms with E-state index in [4.69, 9.17) is 4.52 Å². The van der Waals surface area contributed by atoms with E-state index in [-0.39, 0.29) is 0 Å². The van der Waals surface area contributed by atoms with Crippen LogP contribution in [0.2, 0.25) is 0 Å². The highest BCUT2D eigenvalue weighted by Gasteiger charge is 2.19. The Kier molecular flexibility index (Phi) is 3.42. The second-order valence-electron chi connectivity index (χ2n) is 3.47. The van der Waals surface area contributed by atoms with Gasteiger partial charge in [0.1, 0.15) is 0 Å². The number of nitrogens with one attached hydrogen (secondary N) is 1. The van der Waals surface area contributed by atoms with E-state index < -0.39 is 0 Å². The van der Waals surface area contributed by atoms with Gasteiger partial charge in [-0.25, -0.2) is 0 Å². The quantitative estimate of drug-likeness (QED) is 0.815. The summed E-state index contributed by atoms with van der Waals surface area (Å²) in [6, 6.07) is 0. The molecule has 0 bridgehead atoms. The third-order valence-electron chi connectivity index (χ3n) is 2.27. The summed E-state index contributed by atoms with van der Waals surface area (Å²) in [6.45, 7) is 0.682. The highest BCUT2D eigenvalue weighted by atomic mass is 32.2. The lowest BCUT2D eigenvalue weighted by Crippen LogP contribution is -2.07. The highest BCUT2D eigenvalue weighted by molar-refractivity contribution is 8.00. The number of nitrogens with zero attached hydrogens (tertiary/aromatic N) is 2. The van der Waals surface area contributed by atoms with Gasteiger partial charge in [-0.1, -0.05) is 5.16 Å². The first-order chi connectivity index (χ1) is 6.88. The van der Waals surface area contributed by atoms with Crippen LogP contribution < -0.4 is 5.32 Å². The molecule has 2 heterocycles. The van der Waals surface area contributed by atoms with Gasteiger partial charge in [-0.2, -0.15) is 16.7 Å². The first kappa shape index (κ1) is 9.98. The minimum Gasteiger partial charge on any atom is -0.339 e. The molecule has 1 N–H and O–H groups in total. The van der Waals surface area contributed by atoms with Crippen molar-refractivity contribution >= 4 is 11.8 Å². The maximum atomic E-state index is 5.16. The minimum atomic E-state index is 0.682. The van der Waals surface area contributed by atoms with Gasteiger partial charge in [-0.15, -0.1) is 0 Å². The minimum absolute atomic E-state index is 0.682. The maximum Gasteiger partial charge on any atom is 0.227 e. The predicted molar refractivity (Wildman–Crippen MR) is 56.2 cm³/mol. The highest BCUT2D eigenvalue weighted by Crippen LogP contribution is 2.28. The van der Waals surface area contributed by atoms with E-state index in [0.717, 1.165) is 18.1 Å². The van der Waals surface area contributed by atoms with E-state index in [1.54, 1.807) is 0 Å². The van der Waals surface area contributed by atoms with Gasteiger partial charge in [-0.3, -0.25) is 0 Å². The van der Waals surface area contributed by atoms with Crippen molar-refractivity contribution in [2.24, 2.45) is 0 Å². The number of hydrogen-bond acceptors (Lipinski definition) is 5. The molecule has 0 saturated carbocycles. The summed E-state index contributed by atoms with van der Waals surface area (Å²) in [5, 5.41) is 7.58. The third-order valence-corrected chi connectivity index (χ3v) is 3.67. The summed E-state index contributed by atoms with van der Waals surface area (Å²) in [5.41, 5.74) is 0. The Labute approximate surface area is 87.8 Å². The number of aromatic nitrogens is 2. The Morgan fingerprint density at radius 2 is 2.57 bits per heavy atom. The normalized spacial score (nSPS) is 21.6. The molecule has 1 saturated heterocycles. The van der Waals surface area contributed by atoms with Crippen molar-refractivity contribution in [3.8, 4) is 0 Å². The van der Waals surface area contributed by atoms with Crippen molar-refractivity contribution in [1.29, 1.82) is 0 Å².